The standard InChI is InChI=1S/C20H30F3N5.HI/c1-24-19(26-18-9-12-28(14-18)15-20(21,22)23)25-17-7-10-27(11-8-17)13-16-5-3-2-4-6-16;/h2-6,17-18H,7-15H2,1H3,(H2,24,25,26);1H. The topological polar surface area (TPSA) is 42.9 Å². The first-order chi connectivity index (χ1) is 13.4. The maximum Gasteiger partial charge on any atom is 0.401 e. The van der Waals surface area contributed by atoms with E-state index in [9.17, 15) is 13.2 Å². The van der Waals surface area contributed by atoms with Crippen LogP contribution in [0.1, 0.15) is 24.8 Å². The van der Waals surface area contributed by atoms with Gasteiger partial charge in [-0.05, 0) is 24.8 Å². The first kappa shape index (κ1) is 24.2. The summed E-state index contributed by atoms with van der Waals surface area (Å²) in [5, 5.41) is 6.75. The van der Waals surface area contributed by atoms with Gasteiger partial charge < -0.3 is 10.6 Å². The number of aliphatic imine (C=N–C) groups is 1. The Bertz CT molecular complexity index is 633. The highest BCUT2D eigenvalue weighted by Crippen LogP contribution is 2.20. The van der Waals surface area contributed by atoms with Gasteiger partial charge in [0.15, 0.2) is 5.96 Å². The van der Waals surface area contributed by atoms with Gasteiger partial charge in [-0.25, -0.2) is 0 Å². The molecule has 164 valence electrons. The lowest BCUT2D eigenvalue weighted by atomic mass is 10.0. The molecule has 0 aliphatic carbocycles. The van der Waals surface area contributed by atoms with Crippen LogP contribution in [0.3, 0.4) is 0 Å². The van der Waals surface area contributed by atoms with E-state index in [0.29, 0.717) is 31.5 Å². The number of nitrogens with zero attached hydrogens (tertiary/aromatic N) is 3. The zero-order valence-electron chi connectivity index (χ0n) is 16.8. The van der Waals surface area contributed by atoms with Crippen molar-refractivity contribution in [3.8, 4) is 0 Å². The molecule has 1 aromatic carbocycles. The summed E-state index contributed by atoms with van der Waals surface area (Å²) < 4.78 is 37.6. The van der Waals surface area contributed by atoms with E-state index in [0.717, 1.165) is 32.5 Å². The van der Waals surface area contributed by atoms with E-state index in [1.54, 1.807) is 7.05 Å². The van der Waals surface area contributed by atoms with Crippen molar-refractivity contribution in [1.29, 1.82) is 0 Å². The first-order valence-corrected chi connectivity index (χ1v) is 9.96. The number of nitrogens with one attached hydrogen (secondary N) is 2. The van der Waals surface area contributed by atoms with Crippen LogP contribution in [0.4, 0.5) is 13.2 Å². The second-order valence-corrected chi connectivity index (χ2v) is 7.73. The smallest absolute Gasteiger partial charge is 0.354 e. The Morgan fingerprint density at radius 1 is 1.00 bits per heavy atom. The number of alkyl halides is 3. The van der Waals surface area contributed by atoms with Crippen LogP contribution in [0.2, 0.25) is 0 Å². The first-order valence-electron chi connectivity index (χ1n) is 9.96. The minimum absolute atomic E-state index is 0. The van der Waals surface area contributed by atoms with Gasteiger partial charge in [0.05, 0.1) is 6.54 Å². The summed E-state index contributed by atoms with van der Waals surface area (Å²) in [5.41, 5.74) is 1.33. The van der Waals surface area contributed by atoms with Crippen molar-refractivity contribution < 1.29 is 13.2 Å². The van der Waals surface area contributed by atoms with Crippen LogP contribution in [0.5, 0.6) is 0 Å². The maximum absolute atomic E-state index is 12.5. The quantitative estimate of drug-likeness (QED) is 0.353. The summed E-state index contributed by atoms with van der Waals surface area (Å²) in [7, 11) is 1.71. The fourth-order valence-electron chi connectivity index (χ4n) is 3.98. The molecular weight excluding hydrogens is 494 g/mol. The van der Waals surface area contributed by atoms with Gasteiger partial charge in [-0.1, -0.05) is 30.3 Å². The van der Waals surface area contributed by atoms with Crippen LogP contribution in [0, 0.1) is 0 Å². The van der Waals surface area contributed by atoms with Gasteiger partial charge in [0.25, 0.3) is 0 Å². The van der Waals surface area contributed by atoms with Gasteiger partial charge in [0, 0.05) is 51.9 Å². The monoisotopic (exact) mass is 525 g/mol. The molecule has 2 aliphatic heterocycles. The van der Waals surface area contributed by atoms with E-state index in [1.165, 1.54) is 10.5 Å². The molecule has 1 atom stereocenters. The van der Waals surface area contributed by atoms with E-state index in [4.69, 9.17) is 0 Å². The number of piperidine rings is 1. The van der Waals surface area contributed by atoms with Gasteiger partial charge in [0.1, 0.15) is 0 Å². The molecule has 2 aliphatic rings. The molecular formula is C20H31F3IN5. The second kappa shape index (κ2) is 11.4. The molecule has 3 rings (SSSR count). The van der Waals surface area contributed by atoms with Crippen LogP contribution < -0.4 is 10.6 Å². The molecule has 2 fully saturated rings. The third-order valence-corrected chi connectivity index (χ3v) is 5.42. The highest BCUT2D eigenvalue weighted by molar-refractivity contribution is 14.0. The summed E-state index contributed by atoms with van der Waals surface area (Å²) >= 11 is 0. The zero-order chi connectivity index (χ0) is 20.0. The van der Waals surface area contributed by atoms with Crippen molar-refractivity contribution in [2.75, 3.05) is 39.8 Å². The number of likely N-dealkylation sites (tertiary alicyclic amines) is 2. The number of hydrogen-bond donors (Lipinski definition) is 2. The predicted octanol–water partition coefficient (Wildman–Crippen LogP) is 3.07. The maximum atomic E-state index is 12.5. The minimum atomic E-state index is -4.14. The van der Waals surface area contributed by atoms with Gasteiger partial charge >= 0.3 is 6.18 Å². The lowest BCUT2D eigenvalue weighted by molar-refractivity contribution is -0.143. The van der Waals surface area contributed by atoms with Gasteiger partial charge in [-0.15, -0.1) is 24.0 Å². The van der Waals surface area contributed by atoms with E-state index in [1.807, 2.05) is 6.07 Å². The molecule has 1 unspecified atom stereocenters. The van der Waals surface area contributed by atoms with Crippen LogP contribution in [0.15, 0.2) is 35.3 Å². The van der Waals surface area contributed by atoms with Gasteiger partial charge in [0.2, 0.25) is 0 Å². The zero-order valence-corrected chi connectivity index (χ0v) is 19.1. The average Bonchev–Trinajstić information content (AvgIpc) is 3.08. The molecule has 0 amide bonds. The summed E-state index contributed by atoms with van der Waals surface area (Å²) in [6.45, 7) is 3.04. The van der Waals surface area contributed by atoms with Crippen LogP contribution in [-0.2, 0) is 6.54 Å². The van der Waals surface area contributed by atoms with Crippen molar-refractivity contribution in [3.63, 3.8) is 0 Å². The highest BCUT2D eigenvalue weighted by atomic mass is 127. The number of hydrogen-bond acceptors (Lipinski definition) is 3. The second-order valence-electron chi connectivity index (χ2n) is 7.73. The Balaban J connectivity index is 0.00000300. The number of benzene rings is 1. The molecule has 2 N–H and O–H groups in total. The molecule has 2 heterocycles. The van der Waals surface area contributed by atoms with Gasteiger partial charge in [-0.2, -0.15) is 13.2 Å². The Hall–Kier alpha value is -1.07. The highest BCUT2D eigenvalue weighted by Gasteiger charge is 2.34. The summed E-state index contributed by atoms with van der Waals surface area (Å²) in [6, 6.07) is 10.8. The van der Waals surface area contributed by atoms with E-state index >= 15 is 0 Å². The summed E-state index contributed by atoms with van der Waals surface area (Å²) in [5.74, 6) is 0.695. The fourth-order valence-corrected chi connectivity index (χ4v) is 3.98. The molecule has 0 aromatic heterocycles. The molecule has 0 radical (unpaired) electrons. The molecule has 1 aromatic rings. The van der Waals surface area contributed by atoms with Crippen molar-refractivity contribution in [2.45, 2.75) is 44.1 Å². The van der Waals surface area contributed by atoms with Crippen molar-refractivity contribution >= 4 is 29.9 Å². The van der Waals surface area contributed by atoms with Crippen LogP contribution >= 0.6 is 24.0 Å². The van der Waals surface area contributed by atoms with Crippen molar-refractivity contribution in [2.24, 2.45) is 4.99 Å². The van der Waals surface area contributed by atoms with E-state index in [-0.39, 0.29) is 30.0 Å². The molecule has 0 saturated carbocycles. The lowest BCUT2D eigenvalue weighted by Crippen LogP contribution is -2.51. The Morgan fingerprint density at radius 3 is 2.21 bits per heavy atom. The molecule has 0 spiro atoms. The van der Waals surface area contributed by atoms with Crippen LogP contribution in [0.25, 0.3) is 0 Å². The molecule has 29 heavy (non-hydrogen) atoms. The largest absolute Gasteiger partial charge is 0.401 e. The van der Waals surface area contributed by atoms with E-state index < -0.39 is 12.7 Å². The Labute approximate surface area is 188 Å². The molecule has 9 heteroatoms. The van der Waals surface area contributed by atoms with Gasteiger partial charge in [-0.3, -0.25) is 14.8 Å². The number of rotatable bonds is 5. The number of guanidine groups is 1. The van der Waals surface area contributed by atoms with Crippen molar-refractivity contribution in [1.82, 2.24) is 20.4 Å². The Kier molecular flexibility index (Phi) is 9.48. The normalized spacial score (nSPS) is 22.3. The summed E-state index contributed by atoms with van der Waals surface area (Å²) in [4.78, 5) is 8.18. The van der Waals surface area contributed by atoms with E-state index in [2.05, 4.69) is 44.8 Å². The molecule has 0 bridgehead atoms. The average molecular weight is 525 g/mol. The molecule has 2 saturated heterocycles. The number of halogens is 4. The van der Waals surface area contributed by atoms with Crippen molar-refractivity contribution in [3.05, 3.63) is 35.9 Å². The predicted molar refractivity (Wildman–Crippen MR) is 121 cm³/mol. The third-order valence-electron chi connectivity index (χ3n) is 5.42. The van der Waals surface area contributed by atoms with Crippen LogP contribution in [-0.4, -0.2) is 73.8 Å². The Morgan fingerprint density at radius 2 is 1.59 bits per heavy atom. The minimum Gasteiger partial charge on any atom is -0.354 e. The third kappa shape index (κ3) is 8.29. The molecule has 5 nitrogen and oxygen atoms in total. The SMILES string of the molecule is CN=C(NC1CCN(Cc2ccccc2)CC1)NC1CCN(CC(F)(F)F)C1.I. The lowest BCUT2D eigenvalue weighted by Gasteiger charge is -2.33. The summed E-state index contributed by atoms with van der Waals surface area (Å²) in [6.07, 6.45) is -1.38. The fraction of sp³-hybridized carbons (Fsp3) is 0.650.